The third kappa shape index (κ3) is 3.32. The van der Waals surface area contributed by atoms with E-state index < -0.39 is 6.04 Å². The number of benzene rings is 1. The summed E-state index contributed by atoms with van der Waals surface area (Å²) >= 11 is 0. The number of hydrogen-bond donors (Lipinski definition) is 0. The maximum absolute atomic E-state index is 12.4. The zero-order valence-electron chi connectivity index (χ0n) is 13.6. The van der Waals surface area contributed by atoms with Crippen LogP contribution in [0.25, 0.3) is 0 Å². The van der Waals surface area contributed by atoms with Crippen LogP contribution < -0.4 is 9.64 Å². The van der Waals surface area contributed by atoms with Crippen LogP contribution in [0.4, 0.5) is 5.69 Å². The number of piperazine rings is 1. The number of carbonyl (C=O) groups excluding carboxylic acids is 2. The van der Waals surface area contributed by atoms with Crippen molar-refractivity contribution >= 4 is 17.5 Å². The number of likely N-dealkylation sites (N-methyl/N-ethyl adjacent to an activating group) is 1. The summed E-state index contributed by atoms with van der Waals surface area (Å²) in [7, 11) is 5.06. The number of methoxy groups -OCH3 is 1. The first-order chi connectivity index (χ1) is 10.4. The van der Waals surface area contributed by atoms with Crippen molar-refractivity contribution in [2.45, 2.75) is 13.0 Å². The molecule has 1 atom stereocenters. The molecule has 0 aromatic heterocycles. The number of nitrogens with zero attached hydrogens (tertiary/aromatic N) is 3. The van der Waals surface area contributed by atoms with Gasteiger partial charge in [0.15, 0.2) is 0 Å². The molecule has 0 unspecified atom stereocenters. The highest BCUT2D eigenvalue weighted by atomic mass is 16.5. The van der Waals surface area contributed by atoms with Crippen LogP contribution in [0.3, 0.4) is 0 Å². The van der Waals surface area contributed by atoms with Gasteiger partial charge in [0.2, 0.25) is 11.8 Å². The maximum atomic E-state index is 12.4. The van der Waals surface area contributed by atoms with E-state index in [2.05, 4.69) is 4.90 Å². The van der Waals surface area contributed by atoms with Crippen LogP contribution in [0.2, 0.25) is 0 Å². The zero-order chi connectivity index (χ0) is 16.3. The number of amides is 2. The van der Waals surface area contributed by atoms with Gasteiger partial charge in [-0.05, 0) is 24.3 Å². The van der Waals surface area contributed by atoms with E-state index in [1.165, 1.54) is 11.8 Å². The minimum Gasteiger partial charge on any atom is -0.497 e. The number of anilines is 1. The lowest BCUT2D eigenvalue weighted by atomic mass is 10.1. The Morgan fingerprint density at radius 1 is 1.18 bits per heavy atom. The highest BCUT2D eigenvalue weighted by Gasteiger charge is 2.34. The van der Waals surface area contributed by atoms with E-state index >= 15 is 0 Å². The first-order valence-electron chi connectivity index (χ1n) is 7.31. The van der Waals surface area contributed by atoms with Crippen LogP contribution >= 0.6 is 0 Å². The van der Waals surface area contributed by atoms with E-state index in [4.69, 9.17) is 4.74 Å². The minimum atomic E-state index is -0.441. The van der Waals surface area contributed by atoms with Gasteiger partial charge >= 0.3 is 0 Å². The molecule has 1 aliphatic heterocycles. The predicted molar refractivity (Wildman–Crippen MR) is 85.1 cm³/mol. The van der Waals surface area contributed by atoms with Crippen molar-refractivity contribution in [1.29, 1.82) is 0 Å². The van der Waals surface area contributed by atoms with Crippen molar-refractivity contribution < 1.29 is 14.3 Å². The molecule has 1 saturated heterocycles. The van der Waals surface area contributed by atoms with Gasteiger partial charge in [0, 0.05) is 46.3 Å². The Morgan fingerprint density at radius 3 is 2.32 bits per heavy atom. The fourth-order valence-corrected chi connectivity index (χ4v) is 2.70. The molecule has 1 aromatic carbocycles. The molecule has 6 heteroatoms. The van der Waals surface area contributed by atoms with Gasteiger partial charge in [0.05, 0.1) is 7.11 Å². The molecule has 1 heterocycles. The Bertz CT molecular complexity index is 542. The minimum absolute atomic E-state index is 0.0478. The standard InChI is InChI=1S/C16H23N3O3/c1-12(20)19-10-9-18(11-15(19)16(21)17(2)3)13-5-7-14(22-4)8-6-13/h5-8,15H,9-11H2,1-4H3/t15-/m1/s1. The lowest BCUT2D eigenvalue weighted by molar-refractivity contribution is -0.143. The summed E-state index contributed by atoms with van der Waals surface area (Å²) in [6.07, 6.45) is 0. The second kappa shape index (κ2) is 6.68. The molecular weight excluding hydrogens is 282 g/mol. The topological polar surface area (TPSA) is 53.1 Å². The summed E-state index contributed by atoms with van der Waals surface area (Å²) in [5.74, 6) is 0.690. The smallest absolute Gasteiger partial charge is 0.246 e. The molecule has 0 N–H and O–H groups in total. The maximum Gasteiger partial charge on any atom is 0.246 e. The van der Waals surface area contributed by atoms with Crippen molar-refractivity contribution in [2.75, 3.05) is 45.7 Å². The molecule has 1 aliphatic rings. The molecule has 0 bridgehead atoms. The molecule has 0 aliphatic carbocycles. The predicted octanol–water partition coefficient (Wildman–Crippen LogP) is 0.821. The molecule has 0 spiro atoms. The van der Waals surface area contributed by atoms with Crippen molar-refractivity contribution in [3.05, 3.63) is 24.3 Å². The van der Waals surface area contributed by atoms with Crippen LogP contribution in [-0.2, 0) is 9.59 Å². The molecule has 120 valence electrons. The van der Waals surface area contributed by atoms with E-state index in [9.17, 15) is 9.59 Å². The Kier molecular flexibility index (Phi) is 4.90. The number of rotatable bonds is 3. The van der Waals surface area contributed by atoms with E-state index in [0.29, 0.717) is 19.6 Å². The lowest BCUT2D eigenvalue weighted by Crippen LogP contribution is -2.60. The molecule has 2 amide bonds. The monoisotopic (exact) mass is 305 g/mol. The van der Waals surface area contributed by atoms with E-state index in [1.54, 1.807) is 26.1 Å². The van der Waals surface area contributed by atoms with Crippen LogP contribution in [-0.4, -0.2) is 68.5 Å². The normalized spacial score (nSPS) is 18.1. The third-order valence-corrected chi connectivity index (χ3v) is 3.95. The molecule has 0 saturated carbocycles. The molecule has 1 fully saturated rings. The summed E-state index contributed by atoms with van der Waals surface area (Å²) in [6, 6.07) is 7.30. The van der Waals surface area contributed by atoms with Crippen LogP contribution in [0.5, 0.6) is 5.75 Å². The van der Waals surface area contributed by atoms with Gasteiger partial charge in [-0.15, -0.1) is 0 Å². The Balaban J connectivity index is 2.19. The van der Waals surface area contributed by atoms with Gasteiger partial charge in [0.1, 0.15) is 11.8 Å². The first-order valence-corrected chi connectivity index (χ1v) is 7.31. The number of carbonyl (C=O) groups is 2. The molecule has 0 radical (unpaired) electrons. The van der Waals surface area contributed by atoms with Gasteiger partial charge in [-0.25, -0.2) is 0 Å². The van der Waals surface area contributed by atoms with E-state index in [1.807, 2.05) is 24.3 Å². The highest BCUT2D eigenvalue weighted by molar-refractivity contribution is 5.87. The first kappa shape index (κ1) is 16.1. The second-order valence-corrected chi connectivity index (χ2v) is 5.60. The summed E-state index contributed by atoms with van der Waals surface area (Å²) in [6.45, 7) is 3.27. The van der Waals surface area contributed by atoms with Gasteiger partial charge < -0.3 is 19.4 Å². The quantitative estimate of drug-likeness (QED) is 0.830. The van der Waals surface area contributed by atoms with Crippen LogP contribution in [0.1, 0.15) is 6.92 Å². The number of ether oxygens (including phenoxy) is 1. The van der Waals surface area contributed by atoms with Gasteiger partial charge in [-0.1, -0.05) is 0 Å². The van der Waals surface area contributed by atoms with E-state index in [0.717, 1.165) is 11.4 Å². The summed E-state index contributed by atoms with van der Waals surface area (Å²) < 4.78 is 5.16. The molecule has 1 aromatic rings. The zero-order valence-corrected chi connectivity index (χ0v) is 13.6. The number of hydrogen-bond acceptors (Lipinski definition) is 4. The van der Waals surface area contributed by atoms with Gasteiger partial charge in [-0.3, -0.25) is 9.59 Å². The van der Waals surface area contributed by atoms with E-state index in [-0.39, 0.29) is 11.8 Å². The third-order valence-electron chi connectivity index (χ3n) is 3.95. The van der Waals surface area contributed by atoms with Gasteiger partial charge in [0.25, 0.3) is 0 Å². The van der Waals surface area contributed by atoms with Crippen molar-refractivity contribution in [3.63, 3.8) is 0 Å². The SMILES string of the molecule is COc1ccc(N2CCN(C(C)=O)[C@@H](C(=O)N(C)C)C2)cc1. The Hall–Kier alpha value is -2.24. The average molecular weight is 305 g/mol. The average Bonchev–Trinajstić information content (AvgIpc) is 2.53. The fraction of sp³-hybridized carbons (Fsp3) is 0.500. The Labute approximate surface area is 131 Å². The van der Waals surface area contributed by atoms with Crippen LogP contribution in [0.15, 0.2) is 24.3 Å². The molecular formula is C16H23N3O3. The van der Waals surface area contributed by atoms with Crippen molar-refractivity contribution in [3.8, 4) is 5.75 Å². The fourth-order valence-electron chi connectivity index (χ4n) is 2.70. The van der Waals surface area contributed by atoms with Crippen LogP contribution in [0, 0.1) is 0 Å². The molecule has 2 rings (SSSR count). The second-order valence-electron chi connectivity index (χ2n) is 5.60. The molecule has 22 heavy (non-hydrogen) atoms. The summed E-state index contributed by atoms with van der Waals surface area (Å²) in [4.78, 5) is 29.5. The highest BCUT2D eigenvalue weighted by Crippen LogP contribution is 2.23. The molecule has 6 nitrogen and oxygen atoms in total. The van der Waals surface area contributed by atoms with Crippen molar-refractivity contribution in [2.24, 2.45) is 0 Å². The summed E-state index contributed by atoms with van der Waals surface area (Å²) in [5, 5.41) is 0. The Morgan fingerprint density at radius 2 is 1.82 bits per heavy atom. The van der Waals surface area contributed by atoms with Crippen molar-refractivity contribution in [1.82, 2.24) is 9.80 Å². The lowest BCUT2D eigenvalue weighted by Gasteiger charge is -2.42. The van der Waals surface area contributed by atoms with Gasteiger partial charge in [-0.2, -0.15) is 0 Å². The summed E-state index contributed by atoms with van der Waals surface area (Å²) in [5.41, 5.74) is 1.03. The largest absolute Gasteiger partial charge is 0.497 e.